The third-order valence-electron chi connectivity index (χ3n) is 2.33. The van der Waals surface area contributed by atoms with Gasteiger partial charge in [0.1, 0.15) is 5.75 Å². The molecule has 0 saturated heterocycles. The van der Waals surface area contributed by atoms with Crippen molar-refractivity contribution < 1.29 is 14.6 Å². The second-order valence-corrected chi connectivity index (χ2v) is 3.67. The number of nitrogens with zero attached hydrogens (tertiary/aromatic N) is 2. The minimum absolute atomic E-state index is 0.156. The maximum absolute atomic E-state index is 11.9. The van der Waals surface area contributed by atoms with Crippen molar-refractivity contribution in [3.63, 3.8) is 0 Å². The number of pyridine rings is 2. The van der Waals surface area contributed by atoms with E-state index in [4.69, 9.17) is 4.74 Å². The number of hydrogen-bond acceptors (Lipinski definition) is 5. The quantitative estimate of drug-likeness (QED) is 0.875. The Morgan fingerprint density at radius 3 is 2.84 bits per heavy atom. The molecule has 0 aliphatic heterocycles. The van der Waals surface area contributed by atoms with E-state index < -0.39 is 5.91 Å². The summed E-state index contributed by atoms with van der Waals surface area (Å²) in [5.41, 5.74) is 0.675. The fourth-order valence-corrected chi connectivity index (χ4v) is 1.46. The van der Waals surface area contributed by atoms with Crippen LogP contribution in [0.25, 0.3) is 0 Å². The van der Waals surface area contributed by atoms with Crippen molar-refractivity contribution in [2.24, 2.45) is 0 Å². The lowest BCUT2D eigenvalue weighted by molar-refractivity contribution is 0.102. The molecule has 2 aromatic rings. The highest BCUT2D eigenvalue weighted by atomic mass is 16.5. The molecule has 0 unspecified atom stereocenters. The molecule has 0 fully saturated rings. The molecule has 2 heterocycles. The fourth-order valence-electron chi connectivity index (χ4n) is 1.46. The smallest absolute Gasteiger partial charge is 0.259 e. The molecule has 0 bridgehead atoms. The minimum Gasteiger partial charge on any atom is -0.505 e. The first-order valence-corrected chi connectivity index (χ1v) is 5.74. The number of anilines is 1. The summed E-state index contributed by atoms with van der Waals surface area (Å²) >= 11 is 0. The Balaban J connectivity index is 2.09. The van der Waals surface area contributed by atoms with Crippen LogP contribution in [0.5, 0.6) is 11.6 Å². The number of aromatic hydroxyl groups is 1. The second kappa shape index (κ2) is 5.81. The van der Waals surface area contributed by atoms with Crippen LogP contribution in [0.2, 0.25) is 0 Å². The molecule has 2 aromatic heterocycles. The van der Waals surface area contributed by atoms with Gasteiger partial charge >= 0.3 is 0 Å². The number of carbonyl (C=O) groups excluding carboxylic acids is 1. The summed E-state index contributed by atoms with van der Waals surface area (Å²) in [4.78, 5) is 19.6. The van der Waals surface area contributed by atoms with E-state index >= 15 is 0 Å². The van der Waals surface area contributed by atoms with Gasteiger partial charge in [0.25, 0.3) is 5.91 Å². The first-order valence-electron chi connectivity index (χ1n) is 5.74. The summed E-state index contributed by atoms with van der Waals surface area (Å²) in [6.45, 7) is 2.40. The van der Waals surface area contributed by atoms with Gasteiger partial charge in [0.2, 0.25) is 5.88 Å². The van der Waals surface area contributed by atoms with E-state index in [0.717, 1.165) is 0 Å². The van der Waals surface area contributed by atoms with Gasteiger partial charge in [-0.2, -0.15) is 0 Å². The topological polar surface area (TPSA) is 84.3 Å². The number of aromatic nitrogens is 2. The average molecular weight is 259 g/mol. The van der Waals surface area contributed by atoms with Crippen LogP contribution < -0.4 is 10.1 Å². The molecule has 0 aliphatic rings. The molecule has 6 heteroatoms. The van der Waals surface area contributed by atoms with Crippen molar-refractivity contribution in [1.82, 2.24) is 9.97 Å². The van der Waals surface area contributed by atoms with Gasteiger partial charge in [0.15, 0.2) is 0 Å². The van der Waals surface area contributed by atoms with E-state index in [9.17, 15) is 9.90 Å². The molecule has 98 valence electrons. The van der Waals surface area contributed by atoms with Crippen LogP contribution in [0.4, 0.5) is 5.69 Å². The van der Waals surface area contributed by atoms with Crippen molar-refractivity contribution in [2.75, 3.05) is 11.9 Å². The summed E-state index contributed by atoms with van der Waals surface area (Å²) in [6, 6.07) is 4.77. The molecule has 1 amide bonds. The van der Waals surface area contributed by atoms with Crippen molar-refractivity contribution in [3.8, 4) is 11.6 Å². The Hall–Kier alpha value is -2.63. The van der Waals surface area contributed by atoms with Crippen LogP contribution in [0.15, 0.2) is 36.8 Å². The lowest BCUT2D eigenvalue weighted by Crippen LogP contribution is -2.12. The van der Waals surface area contributed by atoms with E-state index in [0.29, 0.717) is 18.2 Å². The van der Waals surface area contributed by atoms with Crippen molar-refractivity contribution in [2.45, 2.75) is 6.92 Å². The first-order chi connectivity index (χ1) is 9.20. The van der Waals surface area contributed by atoms with Crippen LogP contribution in [-0.2, 0) is 0 Å². The Morgan fingerprint density at radius 1 is 1.37 bits per heavy atom. The lowest BCUT2D eigenvalue weighted by atomic mass is 10.2. The third-order valence-corrected chi connectivity index (χ3v) is 2.33. The lowest BCUT2D eigenvalue weighted by Gasteiger charge is -2.07. The van der Waals surface area contributed by atoms with Crippen molar-refractivity contribution in [3.05, 3.63) is 42.4 Å². The summed E-state index contributed by atoms with van der Waals surface area (Å²) in [5.74, 6) is -0.1000. The molecule has 0 radical (unpaired) electrons. The maximum atomic E-state index is 11.9. The molecular formula is C13H13N3O3. The second-order valence-electron chi connectivity index (χ2n) is 3.67. The van der Waals surface area contributed by atoms with Crippen LogP contribution >= 0.6 is 0 Å². The zero-order valence-corrected chi connectivity index (χ0v) is 10.3. The number of hydrogen-bond donors (Lipinski definition) is 2. The van der Waals surface area contributed by atoms with Crippen LogP contribution in [0.3, 0.4) is 0 Å². The van der Waals surface area contributed by atoms with Gasteiger partial charge in [-0.15, -0.1) is 0 Å². The Bertz CT molecular complexity index is 570. The van der Waals surface area contributed by atoms with Gasteiger partial charge in [-0.1, -0.05) is 0 Å². The number of ether oxygens (including phenoxy) is 1. The molecule has 0 saturated carbocycles. The summed E-state index contributed by atoms with van der Waals surface area (Å²) in [6.07, 6.45) is 4.14. The van der Waals surface area contributed by atoms with Gasteiger partial charge in [-0.25, -0.2) is 4.98 Å². The molecule has 2 N–H and O–H groups in total. The number of carbonyl (C=O) groups is 1. The molecule has 6 nitrogen and oxygen atoms in total. The normalized spacial score (nSPS) is 9.95. The molecule has 0 atom stereocenters. The van der Waals surface area contributed by atoms with Crippen LogP contribution in [0.1, 0.15) is 17.3 Å². The van der Waals surface area contributed by atoms with Gasteiger partial charge in [0, 0.05) is 12.3 Å². The highest BCUT2D eigenvalue weighted by molar-refractivity contribution is 6.05. The monoisotopic (exact) mass is 259 g/mol. The predicted octanol–water partition coefficient (Wildman–Crippen LogP) is 1.83. The Morgan fingerprint density at radius 2 is 2.21 bits per heavy atom. The van der Waals surface area contributed by atoms with Crippen LogP contribution in [0, 0.1) is 0 Å². The van der Waals surface area contributed by atoms with E-state index in [1.165, 1.54) is 24.7 Å². The van der Waals surface area contributed by atoms with Gasteiger partial charge in [-0.05, 0) is 19.1 Å². The maximum Gasteiger partial charge on any atom is 0.259 e. The largest absolute Gasteiger partial charge is 0.505 e. The Labute approximate surface area is 110 Å². The zero-order valence-electron chi connectivity index (χ0n) is 10.3. The summed E-state index contributed by atoms with van der Waals surface area (Å²) < 4.78 is 5.20. The SMILES string of the molecule is CCOc1ccc(NC(=O)c2ccncc2O)cn1. The van der Waals surface area contributed by atoms with Gasteiger partial charge < -0.3 is 15.2 Å². The average Bonchev–Trinajstić information content (AvgIpc) is 2.42. The van der Waals surface area contributed by atoms with Crippen molar-refractivity contribution in [1.29, 1.82) is 0 Å². The number of nitrogens with one attached hydrogen (secondary N) is 1. The number of rotatable bonds is 4. The van der Waals surface area contributed by atoms with E-state index in [1.807, 2.05) is 6.92 Å². The molecule has 0 aliphatic carbocycles. The van der Waals surface area contributed by atoms with Crippen molar-refractivity contribution >= 4 is 11.6 Å². The summed E-state index contributed by atoms with van der Waals surface area (Å²) in [5, 5.41) is 12.1. The molecule has 0 spiro atoms. The molecule has 2 rings (SSSR count). The predicted molar refractivity (Wildman–Crippen MR) is 69.3 cm³/mol. The van der Waals surface area contributed by atoms with Gasteiger partial charge in [0.05, 0.1) is 30.3 Å². The van der Waals surface area contributed by atoms with Gasteiger partial charge in [-0.3, -0.25) is 9.78 Å². The zero-order chi connectivity index (χ0) is 13.7. The highest BCUT2D eigenvalue weighted by Gasteiger charge is 2.11. The highest BCUT2D eigenvalue weighted by Crippen LogP contribution is 2.17. The number of amides is 1. The standard InChI is InChI=1S/C13H13N3O3/c1-2-19-12-4-3-9(7-15-12)16-13(18)10-5-6-14-8-11(10)17/h3-8,17H,2H2,1H3,(H,16,18). The molecular weight excluding hydrogens is 246 g/mol. The first kappa shape index (κ1) is 12.8. The van der Waals surface area contributed by atoms with E-state index in [1.54, 1.807) is 12.1 Å². The third kappa shape index (κ3) is 3.19. The molecule has 0 aromatic carbocycles. The Kier molecular flexibility index (Phi) is 3.92. The minimum atomic E-state index is -0.425. The fraction of sp³-hybridized carbons (Fsp3) is 0.154. The van der Waals surface area contributed by atoms with E-state index in [2.05, 4.69) is 15.3 Å². The van der Waals surface area contributed by atoms with E-state index in [-0.39, 0.29) is 11.3 Å². The molecule has 19 heavy (non-hydrogen) atoms. The summed E-state index contributed by atoms with van der Waals surface area (Å²) in [7, 11) is 0. The van der Waals surface area contributed by atoms with Crippen LogP contribution in [-0.4, -0.2) is 27.6 Å².